The van der Waals surface area contributed by atoms with Gasteiger partial charge in [-0.2, -0.15) is 4.68 Å². The monoisotopic (exact) mass is 442 g/mol. The van der Waals surface area contributed by atoms with Gasteiger partial charge in [-0.1, -0.05) is 34.9 Å². The second-order valence-electron chi connectivity index (χ2n) is 6.96. The molecule has 1 saturated heterocycles. The van der Waals surface area contributed by atoms with Crippen LogP contribution in [0.4, 0.5) is 17.3 Å². The summed E-state index contributed by atoms with van der Waals surface area (Å²) >= 11 is 6.04. The largest absolute Gasteiger partial charge is 0.337 e. The number of hydrogen-bond acceptors (Lipinski definition) is 8. The highest BCUT2D eigenvalue weighted by Gasteiger charge is 2.23. The molecule has 0 radical (unpaired) electrons. The zero-order valence-corrected chi connectivity index (χ0v) is 17.1. The number of tetrazole rings is 1. The Labute approximate surface area is 182 Å². The number of para-hydroxylation sites is 1. The number of non-ortho nitro benzene ring substituents is 1. The molecule has 12 heteroatoms. The van der Waals surface area contributed by atoms with Crippen LogP contribution in [0.25, 0.3) is 5.69 Å². The lowest BCUT2D eigenvalue weighted by molar-refractivity contribution is -0.384. The van der Waals surface area contributed by atoms with Gasteiger partial charge in [0.1, 0.15) is 0 Å². The molecule has 1 amide bonds. The van der Waals surface area contributed by atoms with Gasteiger partial charge < -0.3 is 10.2 Å². The van der Waals surface area contributed by atoms with Gasteiger partial charge in [0.2, 0.25) is 11.9 Å². The number of carbonyl (C=O) groups is 1. The van der Waals surface area contributed by atoms with E-state index in [0.717, 1.165) is 5.69 Å². The van der Waals surface area contributed by atoms with Crippen molar-refractivity contribution in [2.75, 3.05) is 42.9 Å². The predicted molar refractivity (Wildman–Crippen MR) is 115 cm³/mol. The molecule has 160 valence electrons. The van der Waals surface area contributed by atoms with Crippen molar-refractivity contribution in [3.05, 3.63) is 63.7 Å². The minimum absolute atomic E-state index is 0.125. The van der Waals surface area contributed by atoms with E-state index >= 15 is 0 Å². The molecule has 2 aromatic carbocycles. The van der Waals surface area contributed by atoms with Crippen LogP contribution in [-0.2, 0) is 4.79 Å². The molecule has 0 aliphatic carbocycles. The topological polar surface area (TPSA) is 122 Å². The van der Waals surface area contributed by atoms with Crippen LogP contribution in [-0.4, -0.2) is 68.7 Å². The van der Waals surface area contributed by atoms with Gasteiger partial charge in [-0.05, 0) is 28.6 Å². The van der Waals surface area contributed by atoms with E-state index in [0.29, 0.717) is 37.8 Å². The minimum atomic E-state index is -0.537. The van der Waals surface area contributed by atoms with Crippen LogP contribution in [0, 0.1) is 10.1 Å². The molecule has 0 unspecified atom stereocenters. The van der Waals surface area contributed by atoms with Crippen LogP contribution in [0.1, 0.15) is 0 Å². The quantitative estimate of drug-likeness (QED) is 0.454. The molecule has 0 atom stereocenters. The van der Waals surface area contributed by atoms with E-state index < -0.39 is 4.92 Å². The van der Waals surface area contributed by atoms with E-state index in [4.69, 9.17) is 11.6 Å². The Morgan fingerprint density at radius 1 is 1.13 bits per heavy atom. The molecular weight excluding hydrogens is 424 g/mol. The molecule has 1 N–H and O–H groups in total. The number of rotatable bonds is 6. The Bertz CT molecular complexity index is 1080. The maximum atomic E-state index is 12.4. The summed E-state index contributed by atoms with van der Waals surface area (Å²) in [6.45, 7) is 2.83. The van der Waals surface area contributed by atoms with Gasteiger partial charge in [0.25, 0.3) is 5.69 Å². The van der Waals surface area contributed by atoms with E-state index in [9.17, 15) is 14.9 Å². The number of nitro benzene ring substituents is 1. The van der Waals surface area contributed by atoms with Crippen LogP contribution >= 0.6 is 11.6 Å². The number of carbonyl (C=O) groups excluding carboxylic acids is 1. The zero-order chi connectivity index (χ0) is 21.8. The number of piperazine rings is 1. The third kappa shape index (κ3) is 4.78. The Balaban J connectivity index is 1.33. The first-order chi connectivity index (χ1) is 15.0. The molecule has 0 bridgehead atoms. The molecule has 11 nitrogen and oxygen atoms in total. The van der Waals surface area contributed by atoms with Crippen molar-refractivity contribution in [3.63, 3.8) is 0 Å². The smallest absolute Gasteiger partial charge is 0.271 e. The number of aromatic nitrogens is 4. The zero-order valence-electron chi connectivity index (χ0n) is 16.4. The molecule has 1 aliphatic heterocycles. The number of nitrogens with one attached hydrogen (secondary N) is 1. The van der Waals surface area contributed by atoms with E-state index in [1.165, 1.54) is 18.2 Å². The fourth-order valence-corrected chi connectivity index (χ4v) is 3.56. The third-order valence-electron chi connectivity index (χ3n) is 4.91. The summed E-state index contributed by atoms with van der Waals surface area (Å²) in [7, 11) is 0. The number of nitrogens with zero attached hydrogens (tertiary/aromatic N) is 7. The first-order valence-corrected chi connectivity index (χ1v) is 9.94. The number of anilines is 2. The molecule has 2 heterocycles. The molecule has 1 aromatic heterocycles. The van der Waals surface area contributed by atoms with Crippen molar-refractivity contribution in [2.24, 2.45) is 0 Å². The lowest BCUT2D eigenvalue weighted by Gasteiger charge is -2.34. The second kappa shape index (κ2) is 9.06. The summed E-state index contributed by atoms with van der Waals surface area (Å²) in [5, 5.41) is 25.7. The predicted octanol–water partition coefficient (Wildman–Crippen LogP) is 1.98. The van der Waals surface area contributed by atoms with Crippen LogP contribution in [0.3, 0.4) is 0 Å². The molecule has 0 saturated carbocycles. The van der Waals surface area contributed by atoms with Crippen molar-refractivity contribution in [2.45, 2.75) is 0 Å². The van der Waals surface area contributed by atoms with E-state index in [1.807, 2.05) is 35.2 Å². The van der Waals surface area contributed by atoms with Gasteiger partial charge in [0.15, 0.2) is 0 Å². The summed E-state index contributed by atoms with van der Waals surface area (Å²) in [4.78, 5) is 26.8. The molecule has 3 aromatic rings. The Morgan fingerprint density at radius 2 is 1.87 bits per heavy atom. The number of nitro groups is 1. The highest BCUT2D eigenvalue weighted by molar-refractivity contribution is 6.34. The van der Waals surface area contributed by atoms with E-state index in [1.54, 1.807) is 4.68 Å². The van der Waals surface area contributed by atoms with Gasteiger partial charge >= 0.3 is 0 Å². The Hall–Kier alpha value is -3.57. The highest BCUT2D eigenvalue weighted by atomic mass is 35.5. The molecule has 1 fully saturated rings. The SMILES string of the molecule is O=C(CN1CCN(c2nnnn2-c2ccccc2)CC1)Nc1ccc([N+](=O)[O-])cc1Cl. The summed E-state index contributed by atoms with van der Waals surface area (Å²) < 4.78 is 1.69. The molecule has 31 heavy (non-hydrogen) atoms. The third-order valence-corrected chi connectivity index (χ3v) is 5.23. The fraction of sp³-hybridized carbons (Fsp3) is 0.263. The van der Waals surface area contributed by atoms with E-state index in [2.05, 4.69) is 25.7 Å². The van der Waals surface area contributed by atoms with Crippen molar-refractivity contribution in [1.82, 2.24) is 25.1 Å². The van der Waals surface area contributed by atoms with Crippen LogP contribution in [0.2, 0.25) is 5.02 Å². The number of benzene rings is 2. The average molecular weight is 443 g/mol. The number of amides is 1. The van der Waals surface area contributed by atoms with Gasteiger partial charge in [0, 0.05) is 38.3 Å². The van der Waals surface area contributed by atoms with Crippen LogP contribution in [0.15, 0.2) is 48.5 Å². The summed E-state index contributed by atoms with van der Waals surface area (Å²) in [6, 6.07) is 13.6. The molecule has 4 rings (SSSR count). The van der Waals surface area contributed by atoms with Gasteiger partial charge in [0.05, 0.1) is 27.9 Å². The number of halogens is 1. The fourth-order valence-electron chi connectivity index (χ4n) is 3.33. The minimum Gasteiger partial charge on any atom is -0.337 e. The summed E-state index contributed by atoms with van der Waals surface area (Å²) in [5.41, 5.74) is 1.10. The lowest BCUT2D eigenvalue weighted by Crippen LogP contribution is -2.49. The van der Waals surface area contributed by atoms with Gasteiger partial charge in [-0.25, -0.2) is 0 Å². The van der Waals surface area contributed by atoms with E-state index in [-0.39, 0.29) is 23.2 Å². The molecule has 1 aliphatic rings. The molecular formula is C19H19ClN8O3. The first-order valence-electron chi connectivity index (χ1n) is 9.56. The molecule has 0 spiro atoms. The maximum absolute atomic E-state index is 12.4. The highest BCUT2D eigenvalue weighted by Crippen LogP contribution is 2.26. The first kappa shape index (κ1) is 20.7. The maximum Gasteiger partial charge on any atom is 0.271 e. The normalized spacial score (nSPS) is 14.4. The summed E-state index contributed by atoms with van der Waals surface area (Å²) in [5.74, 6) is 0.422. The van der Waals surface area contributed by atoms with Gasteiger partial charge in [-0.3, -0.25) is 19.8 Å². The Morgan fingerprint density at radius 3 is 2.55 bits per heavy atom. The van der Waals surface area contributed by atoms with Crippen LogP contribution < -0.4 is 10.2 Å². The van der Waals surface area contributed by atoms with Crippen molar-refractivity contribution in [1.29, 1.82) is 0 Å². The average Bonchev–Trinajstić information content (AvgIpc) is 3.26. The standard InChI is InChI=1S/C19H19ClN8O3/c20-16-12-15(28(30)31)6-7-17(16)21-18(29)13-25-8-10-26(11-9-25)19-22-23-24-27(19)14-4-2-1-3-5-14/h1-7,12H,8-11,13H2,(H,21,29). The number of hydrogen-bond donors (Lipinski definition) is 1. The second-order valence-corrected chi connectivity index (χ2v) is 7.37. The van der Waals surface area contributed by atoms with Crippen molar-refractivity contribution >= 4 is 34.8 Å². The van der Waals surface area contributed by atoms with Gasteiger partial charge in [-0.15, -0.1) is 0 Å². The Kier molecular flexibility index (Phi) is 6.05. The van der Waals surface area contributed by atoms with Crippen molar-refractivity contribution in [3.8, 4) is 5.69 Å². The summed E-state index contributed by atoms with van der Waals surface area (Å²) in [6.07, 6.45) is 0. The van der Waals surface area contributed by atoms with Crippen LogP contribution in [0.5, 0.6) is 0 Å². The lowest BCUT2D eigenvalue weighted by atomic mass is 10.2. The van der Waals surface area contributed by atoms with Crippen molar-refractivity contribution < 1.29 is 9.72 Å².